The van der Waals surface area contributed by atoms with Gasteiger partial charge in [-0.25, -0.2) is 13.6 Å². The van der Waals surface area contributed by atoms with Gasteiger partial charge in [-0.3, -0.25) is 0 Å². The van der Waals surface area contributed by atoms with Crippen LogP contribution in [0.25, 0.3) is 0 Å². The second-order valence-corrected chi connectivity index (χ2v) is 4.88. The van der Waals surface area contributed by atoms with Crippen molar-refractivity contribution in [2.45, 2.75) is 6.18 Å². The van der Waals surface area contributed by atoms with Gasteiger partial charge in [0.15, 0.2) is 0 Å². The molecule has 2 amide bonds. The number of alkyl halides is 3. The van der Waals surface area contributed by atoms with Gasteiger partial charge in [-0.1, -0.05) is 0 Å². The molecule has 0 saturated heterocycles. The summed E-state index contributed by atoms with van der Waals surface area (Å²) in [7, 11) is -2.22. The fourth-order valence-corrected chi connectivity index (χ4v) is 1.89. The van der Waals surface area contributed by atoms with Crippen LogP contribution in [0.4, 0.5) is 38.1 Å². The molecule has 2 aromatic rings. The third kappa shape index (κ3) is 4.67. The minimum Gasteiger partial charge on any atom is -0.423 e. The van der Waals surface area contributed by atoms with E-state index in [4.69, 9.17) is 10.0 Å². The van der Waals surface area contributed by atoms with Crippen LogP contribution in [0.15, 0.2) is 36.4 Å². The number of carbonyl (C=O) groups excluding carboxylic acids is 1. The van der Waals surface area contributed by atoms with Crippen LogP contribution < -0.4 is 16.1 Å². The zero-order valence-corrected chi connectivity index (χ0v) is 12.2. The van der Waals surface area contributed by atoms with Crippen molar-refractivity contribution < 1.29 is 36.8 Å². The molecule has 25 heavy (non-hydrogen) atoms. The Morgan fingerprint density at radius 1 is 0.960 bits per heavy atom. The van der Waals surface area contributed by atoms with Crippen molar-refractivity contribution in [3.8, 4) is 0 Å². The summed E-state index contributed by atoms with van der Waals surface area (Å²) in [4.78, 5) is 11.8. The van der Waals surface area contributed by atoms with E-state index in [-0.39, 0.29) is 5.69 Å². The molecule has 0 aromatic heterocycles. The monoisotopic (exact) mass is 360 g/mol. The van der Waals surface area contributed by atoms with E-state index < -0.39 is 47.7 Å². The SMILES string of the molecule is O=C(Nc1ccc(C(F)(F)F)cc1)Nc1cc(B(O)O)c(F)cc1F. The maximum atomic E-state index is 13.6. The normalized spacial score (nSPS) is 11.2. The maximum Gasteiger partial charge on any atom is 0.491 e. The topological polar surface area (TPSA) is 81.6 Å². The van der Waals surface area contributed by atoms with Crippen LogP contribution in [0.5, 0.6) is 0 Å². The Morgan fingerprint density at radius 3 is 2.08 bits per heavy atom. The molecule has 0 aliphatic rings. The average Bonchev–Trinajstić information content (AvgIpc) is 2.49. The molecule has 132 valence electrons. The second kappa shape index (κ2) is 7.07. The van der Waals surface area contributed by atoms with Crippen LogP contribution in [0.2, 0.25) is 0 Å². The summed E-state index contributed by atoms with van der Waals surface area (Å²) < 4.78 is 64.2. The lowest BCUT2D eigenvalue weighted by molar-refractivity contribution is -0.137. The van der Waals surface area contributed by atoms with E-state index in [9.17, 15) is 26.7 Å². The van der Waals surface area contributed by atoms with Gasteiger partial charge in [0.05, 0.1) is 11.3 Å². The van der Waals surface area contributed by atoms with Crippen molar-refractivity contribution in [2.75, 3.05) is 10.6 Å². The van der Waals surface area contributed by atoms with Crippen molar-refractivity contribution in [1.29, 1.82) is 0 Å². The van der Waals surface area contributed by atoms with Crippen LogP contribution in [0, 0.1) is 11.6 Å². The van der Waals surface area contributed by atoms with Crippen LogP contribution >= 0.6 is 0 Å². The molecule has 0 radical (unpaired) electrons. The minimum absolute atomic E-state index is 0.00423. The highest BCUT2D eigenvalue weighted by Crippen LogP contribution is 2.29. The number of amides is 2. The molecule has 2 rings (SSSR count). The molecule has 0 bridgehead atoms. The van der Waals surface area contributed by atoms with Gasteiger partial charge < -0.3 is 20.7 Å². The summed E-state index contributed by atoms with van der Waals surface area (Å²) in [5.41, 5.74) is -2.12. The summed E-state index contributed by atoms with van der Waals surface area (Å²) in [5.74, 6) is -2.40. The van der Waals surface area contributed by atoms with Gasteiger partial charge >= 0.3 is 19.3 Å². The first-order chi connectivity index (χ1) is 11.6. The summed E-state index contributed by atoms with van der Waals surface area (Å²) in [5, 5.41) is 22.1. The maximum absolute atomic E-state index is 13.6. The first kappa shape index (κ1) is 18.7. The lowest BCUT2D eigenvalue weighted by Gasteiger charge is -2.11. The van der Waals surface area contributed by atoms with Gasteiger partial charge in [0.1, 0.15) is 11.6 Å². The van der Waals surface area contributed by atoms with Gasteiger partial charge in [-0.05, 0) is 30.3 Å². The van der Waals surface area contributed by atoms with Gasteiger partial charge in [-0.2, -0.15) is 13.2 Å². The lowest BCUT2D eigenvalue weighted by atomic mass is 9.79. The van der Waals surface area contributed by atoms with Crippen molar-refractivity contribution in [3.05, 3.63) is 53.6 Å². The van der Waals surface area contributed by atoms with E-state index in [1.807, 2.05) is 5.32 Å². The molecule has 0 aliphatic heterocycles. The van der Waals surface area contributed by atoms with Crippen molar-refractivity contribution in [3.63, 3.8) is 0 Å². The van der Waals surface area contributed by atoms with E-state index in [1.165, 1.54) is 0 Å². The third-order valence-electron chi connectivity index (χ3n) is 3.08. The smallest absolute Gasteiger partial charge is 0.423 e. The van der Waals surface area contributed by atoms with Crippen molar-refractivity contribution >= 4 is 30.0 Å². The van der Waals surface area contributed by atoms with Crippen LogP contribution in [-0.4, -0.2) is 23.2 Å². The number of benzene rings is 2. The Bertz CT molecular complexity index is 781. The first-order valence-corrected chi connectivity index (χ1v) is 6.68. The molecule has 4 N–H and O–H groups in total. The van der Waals surface area contributed by atoms with Crippen molar-refractivity contribution in [2.24, 2.45) is 0 Å². The van der Waals surface area contributed by atoms with Gasteiger partial charge in [0.2, 0.25) is 0 Å². The Kier molecular flexibility index (Phi) is 5.28. The number of anilines is 2. The predicted molar refractivity (Wildman–Crippen MR) is 80.3 cm³/mol. The zero-order chi connectivity index (χ0) is 18.8. The molecular weight excluding hydrogens is 350 g/mol. The molecular formula is C14H10BF5N2O3. The Morgan fingerprint density at radius 2 is 1.56 bits per heavy atom. The molecule has 0 aliphatic carbocycles. The second-order valence-electron chi connectivity index (χ2n) is 4.88. The number of carbonyl (C=O) groups is 1. The summed E-state index contributed by atoms with van der Waals surface area (Å²) in [6, 6.07) is 3.48. The molecule has 0 spiro atoms. The number of halogens is 5. The lowest BCUT2D eigenvalue weighted by Crippen LogP contribution is -2.34. The summed E-state index contributed by atoms with van der Waals surface area (Å²) in [6.07, 6.45) is -4.53. The minimum atomic E-state index is -4.53. The Hall–Kier alpha value is -2.66. The van der Waals surface area contributed by atoms with Crippen LogP contribution in [-0.2, 0) is 6.18 Å². The fraction of sp³-hybridized carbons (Fsp3) is 0.0714. The molecule has 2 aromatic carbocycles. The molecule has 0 unspecified atom stereocenters. The van der Waals surface area contributed by atoms with E-state index >= 15 is 0 Å². The number of hydrogen-bond donors (Lipinski definition) is 4. The molecule has 0 fully saturated rings. The largest absolute Gasteiger partial charge is 0.491 e. The van der Waals surface area contributed by atoms with Crippen molar-refractivity contribution in [1.82, 2.24) is 0 Å². The summed E-state index contributed by atoms with van der Waals surface area (Å²) >= 11 is 0. The fourth-order valence-electron chi connectivity index (χ4n) is 1.89. The number of nitrogens with one attached hydrogen (secondary N) is 2. The van der Waals surface area contributed by atoms with Crippen LogP contribution in [0.1, 0.15) is 5.56 Å². The van der Waals surface area contributed by atoms with E-state index in [1.54, 1.807) is 0 Å². The molecule has 5 nitrogen and oxygen atoms in total. The van der Waals surface area contributed by atoms with Gasteiger partial charge in [0, 0.05) is 17.2 Å². The predicted octanol–water partition coefficient (Wildman–Crippen LogP) is 2.31. The van der Waals surface area contributed by atoms with E-state index in [0.717, 1.165) is 24.3 Å². The average molecular weight is 360 g/mol. The summed E-state index contributed by atoms with van der Waals surface area (Å²) in [6.45, 7) is 0. The van der Waals surface area contributed by atoms with Crippen LogP contribution in [0.3, 0.4) is 0 Å². The molecule has 0 atom stereocenters. The highest BCUT2D eigenvalue weighted by atomic mass is 19.4. The number of hydrogen-bond acceptors (Lipinski definition) is 3. The van der Waals surface area contributed by atoms with Gasteiger partial charge in [-0.15, -0.1) is 0 Å². The molecule has 0 heterocycles. The van der Waals surface area contributed by atoms with E-state index in [2.05, 4.69) is 5.32 Å². The quantitative estimate of drug-likeness (QED) is 0.501. The highest BCUT2D eigenvalue weighted by molar-refractivity contribution is 6.58. The number of rotatable bonds is 3. The number of urea groups is 1. The molecule has 0 saturated carbocycles. The standard InChI is InChI=1S/C14H10BF5N2O3/c16-10-6-11(17)12(5-9(10)15(24)25)22-13(23)21-8-3-1-7(2-4-8)14(18,19)20/h1-6,24-25H,(H2,21,22,23). The van der Waals surface area contributed by atoms with Gasteiger partial charge in [0.25, 0.3) is 0 Å². The zero-order valence-electron chi connectivity index (χ0n) is 12.2. The Labute approximate surface area is 138 Å². The van der Waals surface area contributed by atoms with E-state index in [0.29, 0.717) is 12.1 Å². The Balaban J connectivity index is 2.11. The highest BCUT2D eigenvalue weighted by Gasteiger charge is 2.30. The molecule has 11 heteroatoms. The third-order valence-corrected chi connectivity index (χ3v) is 3.08. The first-order valence-electron chi connectivity index (χ1n) is 6.68.